The van der Waals surface area contributed by atoms with Crippen LogP contribution in [0.2, 0.25) is 0 Å². The van der Waals surface area contributed by atoms with Gasteiger partial charge in [0.1, 0.15) is 0 Å². The van der Waals surface area contributed by atoms with Crippen molar-refractivity contribution >= 4 is 23.4 Å². The fraction of sp³-hybridized carbons (Fsp3) is 0. The molecule has 1 amide bonds. The summed E-state index contributed by atoms with van der Waals surface area (Å²) in [5.74, 6) is -0.524. The van der Waals surface area contributed by atoms with Crippen LogP contribution < -0.4 is 0 Å². The van der Waals surface area contributed by atoms with Crippen LogP contribution in [-0.2, 0) is 16.3 Å². The topological polar surface area (TPSA) is 46.5 Å². The molecule has 0 aliphatic carbocycles. The molecule has 13 heavy (non-hydrogen) atoms. The molecule has 0 heterocycles. The van der Waals surface area contributed by atoms with Gasteiger partial charge in [0.05, 0.1) is 0 Å². The Balaban J connectivity index is 2.69. The van der Waals surface area contributed by atoms with Gasteiger partial charge in [0.2, 0.25) is 11.5 Å². The maximum absolute atomic E-state index is 10.7. The van der Waals surface area contributed by atoms with E-state index in [0.29, 0.717) is 0 Å². The largest absolute Gasteiger partial charge is 0.282 e. The fourth-order valence-electron chi connectivity index (χ4n) is 0.799. The van der Waals surface area contributed by atoms with Gasteiger partial charge in [-0.3, -0.25) is 4.79 Å². The van der Waals surface area contributed by atoms with Crippen molar-refractivity contribution in [2.45, 2.75) is 0 Å². The Hall–Kier alpha value is -1.55. The minimum absolute atomic E-state index is 0.0809. The van der Waals surface area contributed by atoms with Crippen LogP contribution in [0.4, 0.5) is 0 Å². The quantitative estimate of drug-likeness (QED) is 0.670. The molecule has 0 aliphatic rings. The van der Waals surface area contributed by atoms with Crippen molar-refractivity contribution in [3.05, 3.63) is 42.0 Å². The van der Waals surface area contributed by atoms with E-state index in [1.165, 1.54) is 6.08 Å². The summed E-state index contributed by atoms with van der Waals surface area (Å²) >= 11 is -0.0809. The minimum Gasteiger partial charge on any atom is -0.266 e. The summed E-state index contributed by atoms with van der Waals surface area (Å²) in [6, 6.07) is 9.33. The Bertz CT molecular complexity index is 366. The lowest BCUT2D eigenvalue weighted by atomic mass is 10.2. The lowest BCUT2D eigenvalue weighted by Crippen LogP contribution is -1.82. The second kappa shape index (κ2) is 5.16. The van der Waals surface area contributed by atoms with Crippen LogP contribution in [0.15, 0.2) is 40.8 Å². The summed E-state index contributed by atoms with van der Waals surface area (Å²) in [4.78, 5) is 10.7. The molecule has 1 rings (SSSR count). The normalized spacial score (nSPS) is 9.85. The van der Waals surface area contributed by atoms with Crippen molar-refractivity contribution < 1.29 is 9.00 Å². The molecule has 0 saturated heterocycles. The minimum atomic E-state index is -0.524. The maximum Gasteiger partial charge on any atom is 0.282 e. The molecule has 0 radical (unpaired) electrons. The predicted octanol–water partition coefficient (Wildman–Crippen LogP) is 1.62. The Morgan fingerprint density at radius 3 is 2.62 bits per heavy atom. The SMILES string of the molecule is O=S=NC(=O)C=Cc1ccccc1. The van der Waals surface area contributed by atoms with E-state index in [9.17, 15) is 9.00 Å². The van der Waals surface area contributed by atoms with Crippen LogP contribution in [0.1, 0.15) is 5.56 Å². The zero-order valence-electron chi connectivity index (χ0n) is 6.71. The lowest BCUT2D eigenvalue weighted by Gasteiger charge is -1.88. The number of benzene rings is 1. The van der Waals surface area contributed by atoms with Gasteiger partial charge in [0.25, 0.3) is 5.91 Å². The van der Waals surface area contributed by atoms with Crippen molar-refractivity contribution in [2.75, 3.05) is 0 Å². The molecule has 4 heteroatoms. The molecular formula is C9H7NO2S. The van der Waals surface area contributed by atoms with Crippen LogP contribution in [0.25, 0.3) is 6.08 Å². The molecule has 3 nitrogen and oxygen atoms in total. The number of hydrogen-bond acceptors (Lipinski definition) is 2. The van der Waals surface area contributed by atoms with Gasteiger partial charge in [0, 0.05) is 6.08 Å². The van der Waals surface area contributed by atoms with E-state index in [4.69, 9.17) is 0 Å². The third-order valence-corrected chi connectivity index (χ3v) is 1.60. The molecule has 1 aromatic rings. The van der Waals surface area contributed by atoms with E-state index >= 15 is 0 Å². The molecule has 0 fully saturated rings. The average molecular weight is 193 g/mol. The van der Waals surface area contributed by atoms with Crippen LogP contribution >= 0.6 is 0 Å². The zero-order valence-corrected chi connectivity index (χ0v) is 7.53. The van der Waals surface area contributed by atoms with E-state index in [-0.39, 0.29) is 11.5 Å². The van der Waals surface area contributed by atoms with Crippen molar-refractivity contribution in [3.8, 4) is 0 Å². The smallest absolute Gasteiger partial charge is 0.266 e. The Morgan fingerprint density at radius 1 is 1.31 bits per heavy atom. The summed E-state index contributed by atoms with van der Waals surface area (Å²) in [7, 11) is 0. The van der Waals surface area contributed by atoms with Gasteiger partial charge in [-0.25, -0.2) is 0 Å². The number of carbonyl (C=O) groups is 1. The summed E-state index contributed by atoms with van der Waals surface area (Å²) in [6.45, 7) is 0. The summed E-state index contributed by atoms with van der Waals surface area (Å²) in [5, 5.41) is 0. The fourth-order valence-corrected chi connectivity index (χ4v) is 0.933. The van der Waals surface area contributed by atoms with Gasteiger partial charge >= 0.3 is 0 Å². The van der Waals surface area contributed by atoms with Crippen molar-refractivity contribution in [2.24, 2.45) is 4.36 Å². The van der Waals surface area contributed by atoms with Gasteiger partial charge < -0.3 is 0 Å². The first-order valence-corrected chi connectivity index (χ1v) is 4.30. The predicted molar refractivity (Wildman–Crippen MR) is 51.1 cm³/mol. The van der Waals surface area contributed by atoms with Gasteiger partial charge in [-0.15, -0.1) is 4.36 Å². The lowest BCUT2D eigenvalue weighted by molar-refractivity contribution is -0.113. The van der Waals surface area contributed by atoms with Gasteiger partial charge in [-0.2, -0.15) is 4.21 Å². The van der Waals surface area contributed by atoms with Crippen molar-refractivity contribution in [1.82, 2.24) is 0 Å². The standard InChI is InChI=1S/C9H7NO2S/c11-9(10-13-12)7-6-8-4-2-1-3-5-8/h1-7H. The Labute approximate surface area is 79.3 Å². The van der Waals surface area contributed by atoms with E-state index in [1.54, 1.807) is 6.08 Å². The number of rotatable bonds is 2. The number of hydrogen-bond donors (Lipinski definition) is 0. The molecule has 1 aromatic carbocycles. The highest BCUT2D eigenvalue weighted by molar-refractivity contribution is 7.55. The van der Waals surface area contributed by atoms with Gasteiger partial charge in [-0.1, -0.05) is 30.3 Å². The van der Waals surface area contributed by atoms with Crippen LogP contribution in [0, 0.1) is 0 Å². The number of carbonyl (C=O) groups excluding carboxylic acids is 1. The molecular weight excluding hydrogens is 186 g/mol. The third-order valence-electron chi connectivity index (χ3n) is 1.35. The molecule has 0 spiro atoms. The second-order valence-electron chi connectivity index (χ2n) is 2.25. The average Bonchev–Trinajstić information content (AvgIpc) is 2.17. The van der Waals surface area contributed by atoms with Crippen LogP contribution in [-0.4, -0.2) is 10.1 Å². The summed E-state index contributed by atoms with van der Waals surface area (Å²) < 4.78 is 12.9. The monoisotopic (exact) mass is 193 g/mol. The molecule has 0 aromatic heterocycles. The first-order chi connectivity index (χ1) is 6.33. The summed E-state index contributed by atoms with van der Waals surface area (Å²) in [6.07, 6.45) is 2.88. The van der Waals surface area contributed by atoms with Crippen molar-refractivity contribution in [3.63, 3.8) is 0 Å². The van der Waals surface area contributed by atoms with E-state index < -0.39 is 5.91 Å². The second-order valence-corrected chi connectivity index (χ2v) is 2.58. The third kappa shape index (κ3) is 3.57. The highest BCUT2D eigenvalue weighted by Crippen LogP contribution is 2.00. The van der Waals surface area contributed by atoms with Crippen LogP contribution in [0.5, 0.6) is 0 Å². The van der Waals surface area contributed by atoms with E-state index in [0.717, 1.165) is 5.56 Å². The Morgan fingerprint density at radius 2 is 2.00 bits per heavy atom. The van der Waals surface area contributed by atoms with Gasteiger partial charge in [-0.05, 0) is 11.6 Å². The van der Waals surface area contributed by atoms with E-state index in [2.05, 4.69) is 4.36 Å². The first kappa shape index (κ1) is 9.54. The molecule has 66 valence electrons. The first-order valence-electron chi connectivity index (χ1n) is 3.60. The molecule has 0 unspecified atom stereocenters. The molecule has 0 aliphatic heterocycles. The number of nitrogens with zero attached hydrogens (tertiary/aromatic N) is 1. The van der Waals surface area contributed by atoms with E-state index in [1.807, 2.05) is 30.3 Å². The number of amides is 1. The molecule has 0 N–H and O–H groups in total. The molecule has 0 atom stereocenters. The highest BCUT2D eigenvalue weighted by Gasteiger charge is 1.89. The molecule has 0 saturated carbocycles. The Kier molecular flexibility index (Phi) is 3.78. The van der Waals surface area contributed by atoms with Crippen LogP contribution in [0.3, 0.4) is 0 Å². The maximum atomic E-state index is 10.7. The zero-order chi connectivity index (χ0) is 9.52. The van der Waals surface area contributed by atoms with Gasteiger partial charge in [0.15, 0.2) is 0 Å². The van der Waals surface area contributed by atoms with Crippen molar-refractivity contribution in [1.29, 1.82) is 0 Å². The summed E-state index contributed by atoms with van der Waals surface area (Å²) in [5.41, 5.74) is 0.905. The highest BCUT2D eigenvalue weighted by atomic mass is 32.1. The molecule has 0 bridgehead atoms.